The topological polar surface area (TPSA) is 57.5 Å². The zero-order valence-corrected chi connectivity index (χ0v) is 22.4. The fourth-order valence-electron chi connectivity index (χ4n) is 4.47. The van der Waals surface area contributed by atoms with Crippen LogP contribution >= 0.6 is 24.0 Å². The number of guanidine groups is 1. The van der Waals surface area contributed by atoms with Gasteiger partial charge in [0.2, 0.25) is 0 Å². The molecule has 0 aliphatic carbocycles. The van der Waals surface area contributed by atoms with Crippen LogP contribution < -0.4 is 10.6 Å². The van der Waals surface area contributed by atoms with E-state index in [9.17, 15) is 4.39 Å². The molecule has 8 heteroatoms. The van der Waals surface area contributed by atoms with Crippen molar-refractivity contribution in [1.29, 1.82) is 0 Å². The van der Waals surface area contributed by atoms with Crippen LogP contribution in [0.4, 0.5) is 4.39 Å². The van der Waals surface area contributed by atoms with Crippen LogP contribution in [0.3, 0.4) is 0 Å². The molecule has 2 unspecified atom stereocenters. The second-order valence-corrected chi connectivity index (χ2v) is 8.73. The van der Waals surface area contributed by atoms with Crippen molar-refractivity contribution in [2.24, 2.45) is 4.99 Å². The molecule has 0 radical (unpaired) electrons. The van der Waals surface area contributed by atoms with Crippen LogP contribution in [0.5, 0.6) is 0 Å². The summed E-state index contributed by atoms with van der Waals surface area (Å²) in [4.78, 5) is 11.1. The first-order chi connectivity index (χ1) is 16.0. The lowest BCUT2D eigenvalue weighted by Crippen LogP contribution is -2.51. The number of rotatable bonds is 6. The molecule has 1 fully saturated rings. The lowest BCUT2D eigenvalue weighted by molar-refractivity contribution is 0.134. The molecular weight excluding hydrogens is 542 g/mol. The molecule has 0 bridgehead atoms. The normalized spacial score (nSPS) is 18.9. The Morgan fingerprint density at radius 3 is 2.62 bits per heavy atom. The summed E-state index contributed by atoms with van der Waals surface area (Å²) >= 11 is 0. The molecule has 34 heavy (non-hydrogen) atoms. The first kappa shape index (κ1) is 26.2. The van der Waals surface area contributed by atoms with Crippen LogP contribution in [0.1, 0.15) is 36.7 Å². The van der Waals surface area contributed by atoms with E-state index < -0.39 is 0 Å². The first-order valence-corrected chi connectivity index (χ1v) is 11.6. The summed E-state index contributed by atoms with van der Waals surface area (Å²) in [5, 5.41) is 6.88. The smallest absolute Gasteiger partial charge is 0.191 e. The van der Waals surface area contributed by atoms with Gasteiger partial charge in [0, 0.05) is 51.2 Å². The number of halogens is 2. The monoisotopic (exact) mass is 576 g/mol. The predicted molar refractivity (Wildman–Crippen MR) is 146 cm³/mol. The summed E-state index contributed by atoms with van der Waals surface area (Å²) in [5.74, 6) is 1.24. The van der Waals surface area contributed by atoms with Crippen LogP contribution in [0.2, 0.25) is 0 Å². The molecule has 1 aliphatic rings. The van der Waals surface area contributed by atoms with Crippen molar-refractivity contribution in [3.63, 3.8) is 0 Å². The number of hydrogen-bond donors (Lipinski definition) is 2. The van der Waals surface area contributed by atoms with Crippen molar-refractivity contribution in [1.82, 2.24) is 25.1 Å². The van der Waals surface area contributed by atoms with Gasteiger partial charge in [-0.3, -0.25) is 9.89 Å². The Hall–Kier alpha value is -2.46. The van der Waals surface area contributed by atoms with Gasteiger partial charge in [0.1, 0.15) is 11.6 Å². The predicted octanol–water partition coefficient (Wildman–Crippen LogP) is 4.66. The lowest BCUT2D eigenvalue weighted by atomic mass is 9.97. The van der Waals surface area contributed by atoms with Gasteiger partial charge < -0.3 is 15.2 Å². The van der Waals surface area contributed by atoms with Gasteiger partial charge in [0.05, 0.1) is 5.69 Å². The molecule has 1 saturated heterocycles. The highest BCUT2D eigenvalue weighted by Gasteiger charge is 2.26. The molecule has 0 saturated carbocycles. The minimum atomic E-state index is -0.266. The quantitative estimate of drug-likeness (QED) is 0.255. The summed E-state index contributed by atoms with van der Waals surface area (Å²) in [6.07, 6.45) is 5.56. The van der Waals surface area contributed by atoms with Crippen LogP contribution in [-0.4, -0.2) is 46.1 Å². The maximum absolute atomic E-state index is 14.7. The zero-order valence-electron chi connectivity index (χ0n) is 20.0. The molecule has 182 valence electrons. The zero-order chi connectivity index (χ0) is 23.2. The third-order valence-electron chi connectivity index (χ3n) is 6.36. The van der Waals surface area contributed by atoms with Gasteiger partial charge >= 0.3 is 0 Å². The number of likely N-dealkylation sites (tertiary alicyclic amines) is 1. The number of piperidine rings is 1. The minimum Gasteiger partial charge on any atom is -0.354 e. The van der Waals surface area contributed by atoms with Crippen LogP contribution in [0, 0.1) is 12.7 Å². The Kier molecular flexibility index (Phi) is 9.46. The summed E-state index contributed by atoms with van der Waals surface area (Å²) in [6.45, 7) is 6.69. The highest BCUT2D eigenvalue weighted by molar-refractivity contribution is 14.0. The first-order valence-electron chi connectivity index (χ1n) is 11.6. The number of hydrogen-bond acceptors (Lipinski definition) is 3. The Morgan fingerprint density at radius 1 is 1.18 bits per heavy atom. The molecule has 0 spiro atoms. The van der Waals surface area contributed by atoms with E-state index in [2.05, 4.69) is 62.8 Å². The Labute approximate surface area is 218 Å². The number of aromatic nitrogens is 2. The molecule has 2 N–H and O–H groups in total. The fraction of sp³-hybridized carbons (Fsp3) is 0.385. The number of nitrogens with one attached hydrogen (secondary N) is 2. The SMILES string of the molecule is CN=C(NCc1ccc(-n2ccnc2C)c(F)c1)NC1CCN(Cc2ccccc2)C(C)C1.I. The van der Waals surface area contributed by atoms with Crippen LogP contribution in [-0.2, 0) is 13.1 Å². The van der Waals surface area contributed by atoms with E-state index in [1.807, 2.05) is 13.0 Å². The number of imidazole rings is 1. The molecule has 2 aromatic carbocycles. The Balaban J connectivity index is 0.00000324. The van der Waals surface area contributed by atoms with Crippen molar-refractivity contribution in [3.05, 3.63) is 83.7 Å². The van der Waals surface area contributed by atoms with E-state index in [1.165, 1.54) is 5.56 Å². The van der Waals surface area contributed by atoms with E-state index >= 15 is 0 Å². The molecule has 1 aromatic heterocycles. The molecular formula is C26H34FIN6. The Bertz CT molecular complexity index is 1080. The molecule has 2 atom stereocenters. The highest BCUT2D eigenvalue weighted by Crippen LogP contribution is 2.20. The summed E-state index contributed by atoms with van der Waals surface area (Å²) in [7, 11) is 1.77. The van der Waals surface area contributed by atoms with Crippen molar-refractivity contribution in [2.45, 2.75) is 51.9 Å². The third-order valence-corrected chi connectivity index (χ3v) is 6.36. The second-order valence-electron chi connectivity index (χ2n) is 8.73. The maximum Gasteiger partial charge on any atom is 0.191 e. The molecule has 6 nitrogen and oxygen atoms in total. The number of benzene rings is 2. The van der Waals surface area contributed by atoms with Gasteiger partial charge in [-0.2, -0.15) is 0 Å². The van der Waals surface area contributed by atoms with Gasteiger partial charge in [0.25, 0.3) is 0 Å². The van der Waals surface area contributed by atoms with Crippen molar-refractivity contribution < 1.29 is 4.39 Å². The number of aliphatic imine (C=N–C) groups is 1. The number of aryl methyl sites for hydroxylation is 1. The van der Waals surface area contributed by atoms with Crippen molar-refractivity contribution in [2.75, 3.05) is 13.6 Å². The largest absolute Gasteiger partial charge is 0.354 e. The molecule has 3 aromatic rings. The van der Waals surface area contributed by atoms with E-state index in [0.29, 0.717) is 24.3 Å². The summed E-state index contributed by atoms with van der Waals surface area (Å²) in [5.41, 5.74) is 2.73. The standard InChI is InChI=1S/C26H33FN6.HI/c1-19-15-23(11-13-32(19)18-21-7-5-4-6-8-21)31-26(28-3)30-17-22-9-10-25(24(27)16-22)33-14-12-29-20(33)2;/h4-10,12,14,16,19,23H,11,13,15,17-18H2,1-3H3,(H2,28,30,31);1H. The van der Waals surface area contributed by atoms with Gasteiger partial charge in [-0.15, -0.1) is 24.0 Å². The third kappa shape index (κ3) is 6.56. The highest BCUT2D eigenvalue weighted by atomic mass is 127. The summed E-state index contributed by atoms with van der Waals surface area (Å²) in [6, 6.07) is 16.8. The fourth-order valence-corrected chi connectivity index (χ4v) is 4.47. The van der Waals surface area contributed by atoms with Crippen LogP contribution in [0.25, 0.3) is 5.69 Å². The van der Waals surface area contributed by atoms with E-state index in [-0.39, 0.29) is 29.8 Å². The Morgan fingerprint density at radius 2 is 1.97 bits per heavy atom. The van der Waals surface area contributed by atoms with Crippen molar-refractivity contribution in [3.8, 4) is 5.69 Å². The molecule has 0 amide bonds. The van der Waals surface area contributed by atoms with E-state index in [4.69, 9.17) is 0 Å². The van der Waals surface area contributed by atoms with Gasteiger partial charge in [0.15, 0.2) is 5.96 Å². The average Bonchev–Trinajstić information content (AvgIpc) is 3.24. The van der Waals surface area contributed by atoms with Gasteiger partial charge in [-0.25, -0.2) is 9.37 Å². The summed E-state index contributed by atoms with van der Waals surface area (Å²) < 4.78 is 16.4. The average molecular weight is 577 g/mol. The van der Waals surface area contributed by atoms with Crippen LogP contribution in [0.15, 0.2) is 65.9 Å². The maximum atomic E-state index is 14.7. The lowest BCUT2D eigenvalue weighted by Gasteiger charge is -2.38. The minimum absolute atomic E-state index is 0. The number of nitrogens with zero attached hydrogens (tertiary/aromatic N) is 4. The molecule has 1 aliphatic heterocycles. The van der Waals surface area contributed by atoms with Gasteiger partial charge in [-0.1, -0.05) is 36.4 Å². The van der Waals surface area contributed by atoms with E-state index in [1.54, 1.807) is 36.1 Å². The molecule has 2 heterocycles. The van der Waals surface area contributed by atoms with Gasteiger partial charge in [-0.05, 0) is 49.9 Å². The van der Waals surface area contributed by atoms with E-state index in [0.717, 1.165) is 43.3 Å². The molecule has 4 rings (SSSR count). The second kappa shape index (κ2) is 12.3. The van der Waals surface area contributed by atoms with Crippen molar-refractivity contribution >= 4 is 29.9 Å².